The van der Waals surface area contributed by atoms with Gasteiger partial charge in [-0.25, -0.2) is 0 Å². The number of benzene rings is 1. The summed E-state index contributed by atoms with van der Waals surface area (Å²) in [6, 6.07) is 3.38. The maximum Gasteiger partial charge on any atom is 0.119 e. The molecular weight excluding hydrogens is 150 g/mol. The molecule has 0 aliphatic rings. The average molecular weight is 164 g/mol. The van der Waals surface area contributed by atoms with E-state index >= 15 is 0 Å². The number of phenolic OH excluding ortho intramolecular Hbond substituents is 1. The fraction of sp³-hybridized carbons (Fsp3) is 0.400. The Morgan fingerprint density at radius 2 is 1.92 bits per heavy atom. The Morgan fingerprint density at radius 3 is 2.42 bits per heavy atom. The molecule has 0 bridgehead atoms. The zero-order chi connectivity index (χ0) is 9.30. The zero-order valence-corrected chi connectivity index (χ0v) is 7.68. The van der Waals surface area contributed by atoms with Crippen LogP contribution in [0.1, 0.15) is 30.9 Å². The molecule has 2 nitrogen and oxygen atoms in total. The van der Waals surface area contributed by atoms with Gasteiger partial charge in [0.2, 0.25) is 0 Å². The molecule has 0 aliphatic heterocycles. The summed E-state index contributed by atoms with van der Waals surface area (Å²) in [7, 11) is 0. The van der Waals surface area contributed by atoms with Crippen LogP contribution >= 0.6 is 0 Å². The SMILES string of the molecule is Cc1cc(O)c(C(C)C)cc1[NH]. The van der Waals surface area contributed by atoms with E-state index in [1.54, 1.807) is 12.1 Å². The van der Waals surface area contributed by atoms with Gasteiger partial charge in [0.05, 0.1) is 5.69 Å². The summed E-state index contributed by atoms with van der Waals surface area (Å²) in [6.45, 7) is 5.83. The standard InChI is InChI=1S/C10H14NO/c1-6(2)8-5-9(11)7(3)4-10(8)12/h4-6,11-12H,1-3H3. The first-order chi connectivity index (χ1) is 5.52. The molecule has 0 atom stereocenters. The number of rotatable bonds is 1. The molecule has 0 heterocycles. The second-order valence-electron chi connectivity index (χ2n) is 3.38. The van der Waals surface area contributed by atoms with Gasteiger partial charge in [-0.1, -0.05) is 13.8 Å². The predicted octanol–water partition coefficient (Wildman–Crippen LogP) is 2.74. The molecule has 1 aromatic carbocycles. The minimum atomic E-state index is 0.273. The van der Waals surface area contributed by atoms with Gasteiger partial charge in [0.25, 0.3) is 0 Å². The van der Waals surface area contributed by atoms with Gasteiger partial charge in [-0.05, 0) is 36.1 Å². The molecule has 0 fully saturated rings. The van der Waals surface area contributed by atoms with E-state index in [1.165, 1.54) is 0 Å². The van der Waals surface area contributed by atoms with Gasteiger partial charge < -0.3 is 10.8 Å². The van der Waals surface area contributed by atoms with Crippen molar-refractivity contribution in [3.05, 3.63) is 23.3 Å². The molecule has 1 rings (SSSR count). The topological polar surface area (TPSA) is 44.0 Å². The van der Waals surface area contributed by atoms with Gasteiger partial charge in [0.1, 0.15) is 5.75 Å². The smallest absolute Gasteiger partial charge is 0.119 e. The average Bonchev–Trinajstić information content (AvgIpc) is 1.96. The Kier molecular flexibility index (Phi) is 2.27. The van der Waals surface area contributed by atoms with Crippen molar-refractivity contribution in [1.29, 1.82) is 0 Å². The molecular formula is C10H14NO. The molecule has 0 saturated heterocycles. The van der Waals surface area contributed by atoms with Crippen LogP contribution in [0.25, 0.3) is 0 Å². The summed E-state index contributed by atoms with van der Waals surface area (Å²) >= 11 is 0. The van der Waals surface area contributed by atoms with Crippen LogP contribution in [-0.2, 0) is 0 Å². The third-order valence-electron chi connectivity index (χ3n) is 2.00. The lowest BCUT2D eigenvalue weighted by Crippen LogP contribution is -1.90. The second-order valence-corrected chi connectivity index (χ2v) is 3.38. The number of nitrogens with one attached hydrogen (secondary N) is 1. The molecule has 1 radical (unpaired) electrons. The van der Waals surface area contributed by atoms with Crippen molar-refractivity contribution in [3.63, 3.8) is 0 Å². The van der Waals surface area contributed by atoms with Crippen molar-refractivity contribution in [3.8, 4) is 5.75 Å². The van der Waals surface area contributed by atoms with Crippen LogP contribution in [0.5, 0.6) is 5.75 Å². The first-order valence-electron chi connectivity index (χ1n) is 4.07. The van der Waals surface area contributed by atoms with Crippen LogP contribution in [0.2, 0.25) is 0 Å². The lowest BCUT2D eigenvalue weighted by molar-refractivity contribution is 0.464. The summed E-state index contributed by atoms with van der Waals surface area (Å²) in [5.41, 5.74) is 9.70. The number of phenols is 1. The van der Waals surface area contributed by atoms with Crippen molar-refractivity contribution in [2.24, 2.45) is 0 Å². The Labute approximate surface area is 73.0 Å². The third kappa shape index (κ3) is 1.52. The quantitative estimate of drug-likeness (QED) is 0.637. The Balaban J connectivity index is 3.23. The Hall–Kier alpha value is -1.18. The summed E-state index contributed by atoms with van der Waals surface area (Å²) in [5.74, 6) is 0.577. The van der Waals surface area contributed by atoms with Gasteiger partial charge in [-0.3, -0.25) is 0 Å². The van der Waals surface area contributed by atoms with Gasteiger partial charge >= 0.3 is 0 Å². The van der Waals surface area contributed by atoms with E-state index in [1.807, 2.05) is 20.8 Å². The normalized spacial score (nSPS) is 10.7. The van der Waals surface area contributed by atoms with E-state index in [9.17, 15) is 5.11 Å². The van der Waals surface area contributed by atoms with Crippen LogP contribution in [0.15, 0.2) is 12.1 Å². The van der Waals surface area contributed by atoms with E-state index in [-0.39, 0.29) is 5.92 Å². The molecule has 0 spiro atoms. The van der Waals surface area contributed by atoms with Crippen molar-refractivity contribution >= 4 is 5.69 Å². The Morgan fingerprint density at radius 1 is 1.33 bits per heavy atom. The summed E-state index contributed by atoms with van der Waals surface area (Å²) in [4.78, 5) is 0. The van der Waals surface area contributed by atoms with Gasteiger partial charge in [0, 0.05) is 0 Å². The van der Waals surface area contributed by atoms with Crippen LogP contribution in [0.4, 0.5) is 5.69 Å². The highest BCUT2D eigenvalue weighted by Crippen LogP contribution is 2.29. The van der Waals surface area contributed by atoms with Crippen molar-refractivity contribution in [1.82, 2.24) is 5.73 Å². The number of aryl methyl sites for hydroxylation is 1. The largest absolute Gasteiger partial charge is 0.508 e. The number of hydrogen-bond donors (Lipinski definition) is 1. The molecule has 0 amide bonds. The minimum Gasteiger partial charge on any atom is -0.508 e. The zero-order valence-electron chi connectivity index (χ0n) is 7.68. The summed E-state index contributed by atoms with van der Waals surface area (Å²) < 4.78 is 0. The van der Waals surface area contributed by atoms with Gasteiger partial charge in [0.15, 0.2) is 0 Å². The molecule has 2 heteroatoms. The third-order valence-corrected chi connectivity index (χ3v) is 2.00. The number of hydrogen-bond acceptors (Lipinski definition) is 1. The highest BCUT2D eigenvalue weighted by Gasteiger charge is 2.07. The van der Waals surface area contributed by atoms with Crippen LogP contribution in [0.3, 0.4) is 0 Å². The molecule has 0 saturated carbocycles. The van der Waals surface area contributed by atoms with E-state index < -0.39 is 0 Å². The van der Waals surface area contributed by atoms with Crippen molar-refractivity contribution in [2.75, 3.05) is 0 Å². The fourth-order valence-electron chi connectivity index (χ4n) is 1.17. The molecule has 65 valence electrons. The highest BCUT2D eigenvalue weighted by molar-refractivity contribution is 5.52. The highest BCUT2D eigenvalue weighted by atomic mass is 16.3. The van der Waals surface area contributed by atoms with E-state index in [2.05, 4.69) is 0 Å². The minimum absolute atomic E-state index is 0.273. The second kappa shape index (κ2) is 3.05. The van der Waals surface area contributed by atoms with Crippen LogP contribution < -0.4 is 5.73 Å². The molecule has 0 aromatic heterocycles. The maximum absolute atomic E-state index is 9.50. The van der Waals surface area contributed by atoms with Crippen LogP contribution in [-0.4, -0.2) is 5.11 Å². The van der Waals surface area contributed by atoms with Gasteiger partial charge in [-0.15, -0.1) is 0 Å². The lowest BCUT2D eigenvalue weighted by Gasteiger charge is -2.10. The van der Waals surface area contributed by atoms with E-state index in [0.29, 0.717) is 11.4 Å². The Bertz CT molecular complexity index is 292. The van der Waals surface area contributed by atoms with Gasteiger partial charge in [-0.2, -0.15) is 0 Å². The summed E-state index contributed by atoms with van der Waals surface area (Å²) in [6.07, 6.45) is 0. The first-order valence-corrected chi connectivity index (χ1v) is 4.07. The van der Waals surface area contributed by atoms with E-state index in [4.69, 9.17) is 5.73 Å². The molecule has 0 unspecified atom stereocenters. The molecule has 1 aromatic rings. The number of aromatic hydroxyl groups is 1. The lowest BCUT2D eigenvalue weighted by atomic mass is 9.99. The first kappa shape index (κ1) is 8.91. The maximum atomic E-state index is 9.50. The van der Waals surface area contributed by atoms with Crippen molar-refractivity contribution < 1.29 is 5.11 Å². The fourth-order valence-corrected chi connectivity index (χ4v) is 1.17. The summed E-state index contributed by atoms with van der Waals surface area (Å²) in [5, 5.41) is 9.50. The molecule has 0 aliphatic carbocycles. The van der Waals surface area contributed by atoms with Crippen molar-refractivity contribution in [2.45, 2.75) is 26.7 Å². The molecule has 12 heavy (non-hydrogen) atoms. The molecule has 2 N–H and O–H groups in total. The monoisotopic (exact) mass is 164 g/mol. The van der Waals surface area contributed by atoms with E-state index in [0.717, 1.165) is 11.1 Å². The predicted molar refractivity (Wildman–Crippen MR) is 49.7 cm³/mol. The van der Waals surface area contributed by atoms with Crippen LogP contribution in [0, 0.1) is 6.92 Å².